The summed E-state index contributed by atoms with van der Waals surface area (Å²) in [5.74, 6) is -0.336. The van der Waals surface area contributed by atoms with Crippen LogP contribution in [0.1, 0.15) is 23.0 Å². The number of carbonyl (C=O) groups excluding carboxylic acids is 1. The van der Waals surface area contributed by atoms with Crippen molar-refractivity contribution in [3.05, 3.63) is 29.5 Å². The van der Waals surface area contributed by atoms with Crippen LogP contribution < -0.4 is 5.73 Å². The summed E-state index contributed by atoms with van der Waals surface area (Å²) in [6.45, 7) is 4.07. The number of hydrogen-bond acceptors (Lipinski definition) is 3. The number of aromatic amines is 1. The fraction of sp³-hybridized carbons (Fsp3) is 0.250. The molecule has 0 amide bonds. The van der Waals surface area contributed by atoms with Crippen molar-refractivity contribution in [1.29, 1.82) is 0 Å². The Balaban J connectivity index is 2.52. The number of H-pyrrole nitrogens is 1. The summed E-state index contributed by atoms with van der Waals surface area (Å²) in [6.07, 6.45) is 0. The molecule has 0 atom stereocenters. The van der Waals surface area contributed by atoms with E-state index < -0.39 is 0 Å². The fourth-order valence-corrected chi connectivity index (χ4v) is 1.68. The molecule has 0 aliphatic heterocycles. The summed E-state index contributed by atoms with van der Waals surface area (Å²) in [5, 5.41) is 0.967. The SMILES string of the molecule is CCOC(=O)c1cc2ccc(N)c(C)c2[nH]1. The molecule has 1 aromatic heterocycles. The second kappa shape index (κ2) is 3.89. The monoisotopic (exact) mass is 218 g/mol. The first-order chi connectivity index (χ1) is 7.63. The summed E-state index contributed by atoms with van der Waals surface area (Å²) in [4.78, 5) is 14.6. The number of esters is 1. The minimum absolute atomic E-state index is 0.336. The highest BCUT2D eigenvalue weighted by molar-refractivity contribution is 5.97. The standard InChI is InChI=1S/C12H14N2O2/c1-3-16-12(15)10-6-8-4-5-9(13)7(2)11(8)14-10/h4-6,14H,3,13H2,1-2H3. The third-order valence-corrected chi connectivity index (χ3v) is 2.59. The Bertz CT molecular complexity index is 543. The van der Waals surface area contributed by atoms with Gasteiger partial charge in [-0.2, -0.15) is 0 Å². The molecule has 1 heterocycles. The van der Waals surface area contributed by atoms with E-state index >= 15 is 0 Å². The van der Waals surface area contributed by atoms with Crippen molar-refractivity contribution in [3.8, 4) is 0 Å². The van der Waals surface area contributed by atoms with Gasteiger partial charge in [0.25, 0.3) is 0 Å². The summed E-state index contributed by atoms with van der Waals surface area (Å²) in [7, 11) is 0. The number of aromatic nitrogens is 1. The first kappa shape index (κ1) is 10.5. The molecule has 16 heavy (non-hydrogen) atoms. The zero-order chi connectivity index (χ0) is 11.7. The number of ether oxygens (including phenoxy) is 1. The lowest BCUT2D eigenvalue weighted by molar-refractivity contribution is 0.0520. The lowest BCUT2D eigenvalue weighted by Gasteiger charge is -2.00. The zero-order valence-electron chi connectivity index (χ0n) is 9.33. The minimum atomic E-state index is -0.336. The molecule has 0 fully saturated rings. The third kappa shape index (κ3) is 1.62. The van der Waals surface area contributed by atoms with Crippen LogP contribution in [0.3, 0.4) is 0 Å². The molecule has 84 valence electrons. The molecular formula is C12H14N2O2. The Hall–Kier alpha value is -1.97. The number of hydrogen-bond donors (Lipinski definition) is 2. The molecule has 2 rings (SSSR count). The van der Waals surface area contributed by atoms with E-state index in [-0.39, 0.29) is 5.97 Å². The number of benzene rings is 1. The van der Waals surface area contributed by atoms with Crippen molar-refractivity contribution < 1.29 is 9.53 Å². The molecule has 0 aliphatic rings. The van der Waals surface area contributed by atoms with Gasteiger partial charge in [0.05, 0.1) is 12.1 Å². The predicted molar refractivity (Wildman–Crippen MR) is 63.4 cm³/mol. The molecule has 0 bridgehead atoms. The van der Waals surface area contributed by atoms with Crippen LogP contribution in [0.4, 0.5) is 5.69 Å². The van der Waals surface area contributed by atoms with Crippen LogP contribution >= 0.6 is 0 Å². The molecule has 0 aliphatic carbocycles. The first-order valence-corrected chi connectivity index (χ1v) is 5.18. The van der Waals surface area contributed by atoms with Crippen LogP contribution in [0.2, 0.25) is 0 Å². The van der Waals surface area contributed by atoms with Gasteiger partial charge in [0.2, 0.25) is 0 Å². The van der Waals surface area contributed by atoms with E-state index in [1.807, 2.05) is 19.1 Å². The number of nitrogens with one attached hydrogen (secondary N) is 1. The Kier molecular flexibility index (Phi) is 2.56. The molecule has 0 unspecified atom stereocenters. The number of fused-ring (bicyclic) bond motifs is 1. The Morgan fingerprint density at radius 3 is 2.94 bits per heavy atom. The maximum atomic E-state index is 11.5. The highest BCUT2D eigenvalue weighted by Gasteiger charge is 2.11. The van der Waals surface area contributed by atoms with Gasteiger partial charge in [0.1, 0.15) is 5.69 Å². The molecule has 3 N–H and O–H groups in total. The zero-order valence-corrected chi connectivity index (χ0v) is 9.33. The predicted octanol–water partition coefficient (Wildman–Crippen LogP) is 2.24. The summed E-state index contributed by atoms with van der Waals surface area (Å²) >= 11 is 0. The highest BCUT2D eigenvalue weighted by Crippen LogP contribution is 2.23. The van der Waals surface area contributed by atoms with E-state index in [0.29, 0.717) is 18.0 Å². The highest BCUT2D eigenvalue weighted by atomic mass is 16.5. The smallest absolute Gasteiger partial charge is 0.354 e. The Morgan fingerprint density at radius 1 is 1.50 bits per heavy atom. The van der Waals surface area contributed by atoms with E-state index in [4.69, 9.17) is 10.5 Å². The number of nitrogens with two attached hydrogens (primary N) is 1. The van der Waals surface area contributed by atoms with Crippen molar-refractivity contribution in [3.63, 3.8) is 0 Å². The molecule has 0 radical (unpaired) electrons. The van der Waals surface area contributed by atoms with Crippen LogP contribution in [0.25, 0.3) is 10.9 Å². The molecule has 2 aromatic rings. The quantitative estimate of drug-likeness (QED) is 0.600. The van der Waals surface area contributed by atoms with Gasteiger partial charge in [0.15, 0.2) is 0 Å². The van der Waals surface area contributed by atoms with Crippen LogP contribution in [0.15, 0.2) is 18.2 Å². The summed E-state index contributed by atoms with van der Waals surface area (Å²) in [5.41, 5.74) is 8.81. The van der Waals surface area contributed by atoms with Gasteiger partial charge in [-0.15, -0.1) is 0 Å². The first-order valence-electron chi connectivity index (χ1n) is 5.18. The van der Waals surface area contributed by atoms with Gasteiger partial charge in [-0.05, 0) is 31.5 Å². The fourth-order valence-electron chi connectivity index (χ4n) is 1.68. The van der Waals surface area contributed by atoms with Crippen molar-refractivity contribution >= 4 is 22.6 Å². The number of carbonyl (C=O) groups is 1. The third-order valence-electron chi connectivity index (χ3n) is 2.59. The van der Waals surface area contributed by atoms with Crippen molar-refractivity contribution in [2.45, 2.75) is 13.8 Å². The van der Waals surface area contributed by atoms with Gasteiger partial charge in [-0.3, -0.25) is 0 Å². The number of nitrogen functional groups attached to an aromatic ring is 1. The molecule has 0 saturated carbocycles. The molecule has 4 heteroatoms. The maximum absolute atomic E-state index is 11.5. The molecular weight excluding hydrogens is 204 g/mol. The average molecular weight is 218 g/mol. The Labute approximate surface area is 93.4 Å². The van der Waals surface area contributed by atoms with E-state index in [2.05, 4.69) is 4.98 Å². The number of rotatable bonds is 2. The second-order valence-electron chi connectivity index (χ2n) is 3.65. The van der Waals surface area contributed by atoms with E-state index in [1.165, 1.54) is 0 Å². The van der Waals surface area contributed by atoms with Crippen LogP contribution in [0, 0.1) is 6.92 Å². The average Bonchev–Trinajstić information content (AvgIpc) is 2.69. The van der Waals surface area contributed by atoms with Gasteiger partial charge < -0.3 is 15.5 Å². The maximum Gasteiger partial charge on any atom is 0.354 e. The Morgan fingerprint density at radius 2 is 2.25 bits per heavy atom. The van der Waals surface area contributed by atoms with Gasteiger partial charge >= 0.3 is 5.97 Å². The molecule has 0 saturated heterocycles. The van der Waals surface area contributed by atoms with Gasteiger partial charge in [0, 0.05) is 11.1 Å². The van der Waals surface area contributed by atoms with Crippen LogP contribution in [-0.4, -0.2) is 17.6 Å². The van der Waals surface area contributed by atoms with Gasteiger partial charge in [-0.1, -0.05) is 6.07 Å². The number of anilines is 1. The van der Waals surface area contributed by atoms with E-state index in [9.17, 15) is 4.79 Å². The van der Waals surface area contributed by atoms with Crippen molar-refractivity contribution in [1.82, 2.24) is 4.98 Å². The van der Waals surface area contributed by atoms with Crippen LogP contribution in [0.5, 0.6) is 0 Å². The van der Waals surface area contributed by atoms with E-state index in [1.54, 1.807) is 13.0 Å². The van der Waals surface area contributed by atoms with Gasteiger partial charge in [-0.25, -0.2) is 4.79 Å². The number of aryl methyl sites for hydroxylation is 1. The van der Waals surface area contributed by atoms with Crippen molar-refractivity contribution in [2.24, 2.45) is 0 Å². The topological polar surface area (TPSA) is 68.1 Å². The van der Waals surface area contributed by atoms with Crippen molar-refractivity contribution in [2.75, 3.05) is 12.3 Å². The molecule has 1 aromatic carbocycles. The summed E-state index contributed by atoms with van der Waals surface area (Å²) < 4.78 is 4.93. The normalized spacial score (nSPS) is 10.6. The second-order valence-corrected chi connectivity index (χ2v) is 3.65. The molecule has 0 spiro atoms. The lowest BCUT2D eigenvalue weighted by Crippen LogP contribution is -2.04. The van der Waals surface area contributed by atoms with E-state index in [0.717, 1.165) is 16.5 Å². The largest absolute Gasteiger partial charge is 0.461 e. The summed E-state index contributed by atoms with van der Waals surface area (Å²) in [6, 6.07) is 5.50. The minimum Gasteiger partial charge on any atom is -0.461 e. The molecule has 4 nitrogen and oxygen atoms in total. The lowest BCUT2D eigenvalue weighted by atomic mass is 10.1. The van der Waals surface area contributed by atoms with Crippen LogP contribution in [-0.2, 0) is 4.74 Å².